The first-order chi connectivity index (χ1) is 25.8. The zero-order valence-corrected chi connectivity index (χ0v) is 29.2. The summed E-state index contributed by atoms with van der Waals surface area (Å²) in [5.74, 6) is 0.0670. The van der Waals surface area contributed by atoms with Gasteiger partial charge in [-0.3, -0.25) is 0 Å². The molecule has 10 aromatic rings. The van der Waals surface area contributed by atoms with Crippen molar-refractivity contribution in [3.63, 3.8) is 0 Å². The van der Waals surface area contributed by atoms with Crippen molar-refractivity contribution in [2.24, 2.45) is 0 Å². The van der Waals surface area contributed by atoms with Crippen LogP contribution < -0.4 is 0 Å². The van der Waals surface area contributed by atoms with Crippen LogP contribution in [0.3, 0.4) is 0 Å². The molecule has 10 aromatic carbocycles. The first kappa shape index (κ1) is 29.6. The van der Waals surface area contributed by atoms with Crippen LogP contribution in [0, 0.1) is 0 Å². The van der Waals surface area contributed by atoms with E-state index in [0.717, 1.165) is 0 Å². The minimum Gasteiger partial charge on any atom is -0.0881 e. The van der Waals surface area contributed by atoms with Gasteiger partial charge in [-0.1, -0.05) is 188 Å². The van der Waals surface area contributed by atoms with E-state index in [9.17, 15) is 0 Å². The van der Waals surface area contributed by atoms with Gasteiger partial charge in [0.25, 0.3) is 0 Å². The first-order valence-corrected chi connectivity index (χ1v) is 18.9. The molecular formula is C51H32S. The molecule has 0 atom stereocenters. The summed E-state index contributed by atoms with van der Waals surface area (Å²) in [7, 11) is 0. The molecule has 0 nitrogen and oxygen atoms in total. The van der Waals surface area contributed by atoms with Gasteiger partial charge in [-0.05, 0) is 105 Å². The van der Waals surface area contributed by atoms with Crippen LogP contribution in [0.2, 0.25) is 0 Å². The highest BCUT2D eigenvalue weighted by Crippen LogP contribution is 2.57. The molecule has 0 aliphatic carbocycles. The molecule has 1 heteroatoms. The Hall–Kier alpha value is -6.15. The maximum Gasteiger partial charge on any atom is 0.0375 e. The van der Waals surface area contributed by atoms with Crippen molar-refractivity contribution in [1.29, 1.82) is 0 Å². The van der Waals surface area contributed by atoms with Gasteiger partial charge in [-0.2, -0.15) is 0 Å². The third kappa shape index (κ3) is 4.49. The molecule has 0 bridgehead atoms. The second kappa shape index (κ2) is 11.7. The average molecular weight is 677 g/mol. The van der Waals surface area contributed by atoms with Crippen LogP contribution in [0.5, 0.6) is 0 Å². The summed E-state index contributed by atoms with van der Waals surface area (Å²) < 4.78 is 0. The smallest absolute Gasteiger partial charge is 0.0375 e. The fourth-order valence-corrected chi connectivity index (χ4v) is 10.2. The van der Waals surface area contributed by atoms with Crippen LogP contribution in [0.15, 0.2) is 198 Å². The predicted molar refractivity (Wildman–Crippen MR) is 223 cm³/mol. The average Bonchev–Trinajstić information content (AvgIpc) is 3.23. The highest BCUT2D eigenvalue weighted by molar-refractivity contribution is 8.00. The van der Waals surface area contributed by atoms with Crippen molar-refractivity contribution in [2.45, 2.75) is 15.7 Å². The third-order valence-electron chi connectivity index (χ3n) is 11.2. The number of hydrogen-bond acceptors (Lipinski definition) is 1. The SMILES string of the molecule is c1ccc(-c2ccc3cc(-c4ccc(C5c6c(c7ccccc7c7ccccc67)Sc6c5c5ccccc5c5ccccc65)cc4)ccc3c2)cc1. The summed E-state index contributed by atoms with van der Waals surface area (Å²) in [6, 6.07) is 69.8. The first-order valence-electron chi connectivity index (χ1n) is 18.0. The molecule has 0 saturated carbocycles. The standard InChI is InChI=1S/C51H32S/c1-2-12-32(13-3-1)35-26-28-38-31-36(27-29-37(38)30-35)33-22-24-34(25-23-33)47-48-43-18-8-4-14-39(43)41-16-6-10-20-45(41)50(48)52-51-46-21-11-7-17-42(46)40-15-5-9-19-44(40)49(47)51/h1-31,47H. The minimum atomic E-state index is 0.0670. The Bertz CT molecular complexity index is 2900. The van der Waals surface area contributed by atoms with Gasteiger partial charge in [0.05, 0.1) is 0 Å². The van der Waals surface area contributed by atoms with Gasteiger partial charge >= 0.3 is 0 Å². The third-order valence-corrected chi connectivity index (χ3v) is 12.4. The van der Waals surface area contributed by atoms with Crippen molar-refractivity contribution >= 4 is 65.6 Å². The Labute approximate surface area is 307 Å². The van der Waals surface area contributed by atoms with E-state index in [4.69, 9.17) is 0 Å². The lowest BCUT2D eigenvalue weighted by Gasteiger charge is -2.33. The highest BCUT2D eigenvalue weighted by atomic mass is 32.2. The molecule has 1 heterocycles. The van der Waals surface area contributed by atoms with Gasteiger partial charge < -0.3 is 0 Å². The van der Waals surface area contributed by atoms with Crippen molar-refractivity contribution in [1.82, 2.24) is 0 Å². The molecule has 0 aromatic heterocycles. The Morgan fingerprint density at radius 2 is 0.654 bits per heavy atom. The minimum absolute atomic E-state index is 0.0670. The van der Waals surface area contributed by atoms with Crippen LogP contribution in [-0.4, -0.2) is 0 Å². The Morgan fingerprint density at radius 1 is 0.288 bits per heavy atom. The van der Waals surface area contributed by atoms with Crippen LogP contribution in [0.4, 0.5) is 0 Å². The Balaban J connectivity index is 1.12. The van der Waals surface area contributed by atoms with E-state index in [-0.39, 0.29) is 5.92 Å². The summed E-state index contributed by atoms with van der Waals surface area (Å²) >= 11 is 1.97. The number of rotatable bonds is 3. The second-order valence-corrected chi connectivity index (χ2v) is 15.0. The maximum atomic E-state index is 2.39. The number of fused-ring (bicyclic) bond motifs is 13. The molecule has 1 aliphatic rings. The van der Waals surface area contributed by atoms with Gasteiger partial charge in [0.2, 0.25) is 0 Å². The van der Waals surface area contributed by atoms with Crippen molar-refractivity contribution in [3.8, 4) is 22.3 Å². The molecule has 52 heavy (non-hydrogen) atoms. The van der Waals surface area contributed by atoms with Crippen molar-refractivity contribution in [3.05, 3.63) is 205 Å². The molecule has 0 amide bonds. The molecule has 0 spiro atoms. The lowest BCUT2D eigenvalue weighted by atomic mass is 9.78. The number of hydrogen-bond donors (Lipinski definition) is 0. The topological polar surface area (TPSA) is 0 Å². The van der Waals surface area contributed by atoms with Gasteiger partial charge in [0.15, 0.2) is 0 Å². The van der Waals surface area contributed by atoms with Crippen molar-refractivity contribution in [2.75, 3.05) is 0 Å². The van der Waals surface area contributed by atoms with E-state index in [0.29, 0.717) is 0 Å². The summed E-state index contributed by atoms with van der Waals surface area (Å²) in [5, 5.41) is 13.1. The molecule has 242 valence electrons. The van der Waals surface area contributed by atoms with E-state index >= 15 is 0 Å². The van der Waals surface area contributed by atoms with E-state index in [2.05, 4.69) is 188 Å². The zero-order chi connectivity index (χ0) is 34.2. The molecule has 1 aliphatic heterocycles. The monoisotopic (exact) mass is 676 g/mol. The summed E-state index contributed by atoms with van der Waals surface area (Å²) in [6.45, 7) is 0. The van der Waals surface area contributed by atoms with E-state index in [1.807, 2.05) is 11.8 Å². The fraction of sp³-hybridized carbons (Fsp3) is 0.0196. The van der Waals surface area contributed by atoms with Gasteiger partial charge in [-0.25, -0.2) is 0 Å². The normalized spacial score (nSPS) is 12.8. The quantitative estimate of drug-likeness (QED) is 0.168. The van der Waals surface area contributed by atoms with Gasteiger partial charge in [-0.15, -0.1) is 0 Å². The van der Waals surface area contributed by atoms with Crippen molar-refractivity contribution < 1.29 is 0 Å². The maximum absolute atomic E-state index is 2.39. The van der Waals surface area contributed by atoms with E-state index in [1.165, 1.54) is 103 Å². The molecule has 0 radical (unpaired) electrons. The second-order valence-electron chi connectivity index (χ2n) is 14.0. The lowest BCUT2D eigenvalue weighted by Crippen LogP contribution is -2.12. The Morgan fingerprint density at radius 3 is 1.13 bits per heavy atom. The van der Waals surface area contributed by atoms with Crippen LogP contribution in [0.1, 0.15) is 22.6 Å². The summed E-state index contributed by atoms with van der Waals surface area (Å²) in [4.78, 5) is 2.75. The fourth-order valence-electron chi connectivity index (χ4n) is 8.75. The summed E-state index contributed by atoms with van der Waals surface area (Å²) in [5.41, 5.74) is 9.11. The molecule has 0 unspecified atom stereocenters. The lowest BCUT2D eigenvalue weighted by molar-refractivity contribution is 0.938. The zero-order valence-electron chi connectivity index (χ0n) is 28.4. The van der Waals surface area contributed by atoms with Crippen LogP contribution in [-0.2, 0) is 0 Å². The van der Waals surface area contributed by atoms with Crippen LogP contribution in [0.25, 0.3) is 76.1 Å². The largest absolute Gasteiger partial charge is 0.0881 e. The van der Waals surface area contributed by atoms with E-state index in [1.54, 1.807) is 0 Å². The summed E-state index contributed by atoms with van der Waals surface area (Å²) in [6.07, 6.45) is 0. The molecule has 0 fully saturated rings. The molecule has 0 N–H and O–H groups in total. The highest BCUT2D eigenvalue weighted by Gasteiger charge is 2.34. The Kier molecular flexibility index (Phi) is 6.65. The van der Waals surface area contributed by atoms with Gasteiger partial charge in [0, 0.05) is 15.7 Å². The van der Waals surface area contributed by atoms with Gasteiger partial charge in [0.1, 0.15) is 0 Å². The predicted octanol–water partition coefficient (Wildman–Crippen LogP) is 14.4. The molecule has 0 saturated heterocycles. The van der Waals surface area contributed by atoms with Crippen LogP contribution >= 0.6 is 11.8 Å². The number of benzene rings is 10. The molecular weight excluding hydrogens is 645 g/mol. The molecule has 11 rings (SSSR count). The van der Waals surface area contributed by atoms with E-state index < -0.39 is 0 Å².